The standard InChI is InChI=1S/C16H18F3NO3/c17-16(18,19)9-23-12-3-1-10(2-4-12)6-20-7-11(8-20)13-5-14(13)15(21)22/h1-4,11,13-14H,5-9H2,(H,21,22)/t13-,14+/m0/s1. The first-order valence-electron chi connectivity index (χ1n) is 7.55. The van der Waals surface area contributed by atoms with Crippen molar-refractivity contribution in [3.63, 3.8) is 0 Å². The van der Waals surface area contributed by atoms with Crippen LogP contribution >= 0.6 is 0 Å². The Bertz CT molecular complexity index is 567. The number of aliphatic carboxylic acids is 1. The van der Waals surface area contributed by atoms with Crippen LogP contribution in [0.25, 0.3) is 0 Å². The second kappa shape index (κ2) is 6.03. The number of carbonyl (C=O) groups is 1. The molecule has 0 spiro atoms. The molecule has 1 N–H and O–H groups in total. The summed E-state index contributed by atoms with van der Waals surface area (Å²) in [5.74, 6) is 0.136. The lowest BCUT2D eigenvalue weighted by Gasteiger charge is -2.39. The summed E-state index contributed by atoms with van der Waals surface area (Å²) in [6.07, 6.45) is -3.54. The molecule has 2 aliphatic rings. The van der Waals surface area contributed by atoms with E-state index in [9.17, 15) is 18.0 Å². The number of rotatable bonds is 6. The van der Waals surface area contributed by atoms with E-state index < -0.39 is 18.8 Å². The highest BCUT2D eigenvalue weighted by Gasteiger charge is 2.51. The van der Waals surface area contributed by atoms with Gasteiger partial charge in [0.1, 0.15) is 5.75 Å². The first-order chi connectivity index (χ1) is 10.8. The number of carboxylic acid groups (broad SMARTS) is 1. The van der Waals surface area contributed by atoms with Gasteiger partial charge in [-0.1, -0.05) is 12.1 Å². The summed E-state index contributed by atoms with van der Waals surface area (Å²) in [6, 6.07) is 6.60. The quantitative estimate of drug-likeness (QED) is 0.872. The topological polar surface area (TPSA) is 49.8 Å². The minimum absolute atomic E-state index is 0.160. The van der Waals surface area contributed by atoms with Crippen LogP contribution in [0.2, 0.25) is 0 Å². The van der Waals surface area contributed by atoms with E-state index in [2.05, 4.69) is 9.64 Å². The van der Waals surface area contributed by atoms with Crippen molar-refractivity contribution in [3.8, 4) is 5.75 Å². The number of likely N-dealkylation sites (tertiary alicyclic amines) is 1. The van der Waals surface area contributed by atoms with E-state index >= 15 is 0 Å². The molecule has 3 rings (SSSR count). The van der Waals surface area contributed by atoms with Crippen LogP contribution in [0.3, 0.4) is 0 Å². The molecule has 1 saturated heterocycles. The van der Waals surface area contributed by atoms with Gasteiger partial charge in [-0.15, -0.1) is 0 Å². The zero-order valence-electron chi connectivity index (χ0n) is 12.4. The highest BCUT2D eigenvalue weighted by atomic mass is 19.4. The number of hydrogen-bond donors (Lipinski definition) is 1. The molecule has 1 aliphatic carbocycles. The summed E-state index contributed by atoms with van der Waals surface area (Å²) in [6.45, 7) is 1.22. The van der Waals surface area contributed by atoms with E-state index in [0.29, 0.717) is 11.8 Å². The Morgan fingerprint density at radius 3 is 2.43 bits per heavy atom. The van der Waals surface area contributed by atoms with Crippen LogP contribution in [0.15, 0.2) is 24.3 Å². The highest BCUT2D eigenvalue weighted by molar-refractivity contribution is 5.73. The Labute approximate surface area is 131 Å². The zero-order valence-corrected chi connectivity index (χ0v) is 12.4. The van der Waals surface area contributed by atoms with Gasteiger partial charge in [0.15, 0.2) is 6.61 Å². The van der Waals surface area contributed by atoms with Crippen LogP contribution in [-0.2, 0) is 11.3 Å². The molecule has 0 aromatic heterocycles. The monoisotopic (exact) mass is 329 g/mol. The van der Waals surface area contributed by atoms with Crippen molar-refractivity contribution in [3.05, 3.63) is 29.8 Å². The summed E-state index contributed by atoms with van der Waals surface area (Å²) in [5.41, 5.74) is 1.01. The number of nitrogens with zero attached hydrogens (tertiary/aromatic N) is 1. The fourth-order valence-electron chi connectivity index (χ4n) is 3.14. The smallest absolute Gasteiger partial charge is 0.422 e. The molecule has 23 heavy (non-hydrogen) atoms. The number of ether oxygens (including phenoxy) is 1. The van der Waals surface area contributed by atoms with Crippen molar-refractivity contribution >= 4 is 5.97 Å². The largest absolute Gasteiger partial charge is 0.484 e. The van der Waals surface area contributed by atoms with Gasteiger partial charge in [0, 0.05) is 19.6 Å². The molecule has 126 valence electrons. The van der Waals surface area contributed by atoms with Crippen LogP contribution < -0.4 is 4.74 Å². The van der Waals surface area contributed by atoms with Crippen molar-refractivity contribution in [1.82, 2.24) is 4.90 Å². The van der Waals surface area contributed by atoms with Gasteiger partial charge < -0.3 is 9.84 Å². The first-order valence-corrected chi connectivity index (χ1v) is 7.55. The minimum atomic E-state index is -4.33. The van der Waals surface area contributed by atoms with Crippen molar-refractivity contribution in [2.45, 2.75) is 19.1 Å². The predicted molar refractivity (Wildman–Crippen MR) is 76.0 cm³/mol. The SMILES string of the molecule is O=C(O)[C@@H]1C[C@H]1C1CN(Cc2ccc(OCC(F)(F)F)cc2)C1. The van der Waals surface area contributed by atoms with E-state index in [4.69, 9.17) is 5.11 Å². The summed E-state index contributed by atoms with van der Waals surface area (Å²) in [7, 11) is 0. The van der Waals surface area contributed by atoms with Crippen molar-refractivity contribution in [1.29, 1.82) is 0 Å². The van der Waals surface area contributed by atoms with E-state index in [0.717, 1.165) is 31.6 Å². The molecule has 0 bridgehead atoms. The Hall–Kier alpha value is -1.76. The Kier molecular flexibility index (Phi) is 4.23. The fourth-order valence-corrected chi connectivity index (χ4v) is 3.14. The van der Waals surface area contributed by atoms with Gasteiger partial charge in [-0.25, -0.2) is 0 Å². The van der Waals surface area contributed by atoms with Crippen LogP contribution in [0, 0.1) is 17.8 Å². The van der Waals surface area contributed by atoms with Gasteiger partial charge >= 0.3 is 12.1 Å². The van der Waals surface area contributed by atoms with Crippen molar-refractivity contribution in [2.24, 2.45) is 17.8 Å². The van der Waals surface area contributed by atoms with Gasteiger partial charge in [-0.05, 0) is 36.0 Å². The Morgan fingerprint density at radius 1 is 1.26 bits per heavy atom. The number of benzene rings is 1. The average Bonchev–Trinajstić information content (AvgIpc) is 3.20. The van der Waals surface area contributed by atoms with E-state index in [1.54, 1.807) is 24.3 Å². The maximum atomic E-state index is 12.1. The van der Waals surface area contributed by atoms with Crippen LogP contribution in [0.5, 0.6) is 5.75 Å². The second-order valence-corrected chi connectivity index (χ2v) is 6.35. The highest BCUT2D eigenvalue weighted by Crippen LogP contribution is 2.47. The van der Waals surface area contributed by atoms with Gasteiger partial charge in [0.05, 0.1) is 5.92 Å². The lowest BCUT2D eigenvalue weighted by atomic mass is 9.92. The van der Waals surface area contributed by atoms with E-state index in [1.807, 2.05) is 0 Å². The predicted octanol–water partition coefficient (Wildman–Crippen LogP) is 2.78. The summed E-state index contributed by atoms with van der Waals surface area (Å²) in [4.78, 5) is 13.1. The normalized spacial score (nSPS) is 25.0. The summed E-state index contributed by atoms with van der Waals surface area (Å²) >= 11 is 0. The third-order valence-corrected chi connectivity index (χ3v) is 4.48. The number of carboxylic acids is 1. The van der Waals surface area contributed by atoms with Gasteiger partial charge in [0.2, 0.25) is 0 Å². The minimum Gasteiger partial charge on any atom is -0.484 e. The van der Waals surface area contributed by atoms with Gasteiger partial charge in [-0.3, -0.25) is 9.69 Å². The lowest BCUT2D eigenvalue weighted by molar-refractivity contribution is -0.153. The molecule has 7 heteroatoms. The first kappa shape index (κ1) is 16.1. The molecule has 1 saturated carbocycles. The molecule has 4 nitrogen and oxygen atoms in total. The van der Waals surface area contributed by atoms with Crippen LogP contribution in [0.4, 0.5) is 13.2 Å². The van der Waals surface area contributed by atoms with Crippen molar-refractivity contribution in [2.75, 3.05) is 19.7 Å². The average molecular weight is 329 g/mol. The second-order valence-electron chi connectivity index (χ2n) is 6.35. The third-order valence-electron chi connectivity index (χ3n) is 4.48. The fraction of sp³-hybridized carbons (Fsp3) is 0.562. The summed E-state index contributed by atoms with van der Waals surface area (Å²) in [5, 5.41) is 8.92. The molecule has 1 aromatic rings. The molecule has 1 aromatic carbocycles. The molecule has 1 heterocycles. The van der Waals surface area contributed by atoms with E-state index in [-0.39, 0.29) is 11.7 Å². The van der Waals surface area contributed by atoms with E-state index in [1.165, 1.54) is 0 Å². The third kappa shape index (κ3) is 4.16. The zero-order chi connectivity index (χ0) is 16.6. The maximum Gasteiger partial charge on any atom is 0.422 e. The van der Waals surface area contributed by atoms with Crippen molar-refractivity contribution < 1.29 is 27.8 Å². The Balaban J connectivity index is 1.41. The molecule has 1 aliphatic heterocycles. The number of halogens is 3. The lowest BCUT2D eigenvalue weighted by Crippen LogP contribution is -2.47. The number of alkyl halides is 3. The molecule has 2 fully saturated rings. The molecule has 0 amide bonds. The molecular weight excluding hydrogens is 311 g/mol. The van der Waals surface area contributed by atoms with Crippen LogP contribution in [-0.4, -0.2) is 41.8 Å². The molecule has 2 atom stereocenters. The van der Waals surface area contributed by atoms with Crippen LogP contribution in [0.1, 0.15) is 12.0 Å². The Morgan fingerprint density at radius 2 is 1.91 bits per heavy atom. The maximum absolute atomic E-state index is 12.1. The summed E-state index contributed by atoms with van der Waals surface area (Å²) < 4.78 is 40.9. The van der Waals surface area contributed by atoms with Gasteiger partial charge in [0.25, 0.3) is 0 Å². The number of hydrogen-bond acceptors (Lipinski definition) is 3. The molecule has 0 unspecified atom stereocenters. The van der Waals surface area contributed by atoms with Gasteiger partial charge in [-0.2, -0.15) is 13.2 Å². The molecular formula is C16H18F3NO3. The molecule has 0 radical (unpaired) electrons.